The Morgan fingerprint density at radius 2 is 1.26 bits per heavy atom. The van der Waals surface area contributed by atoms with Crippen LogP contribution in [0.25, 0.3) is 0 Å². The molecule has 3 aliphatic rings. The molecule has 3 rings (SSSR count). The summed E-state index contributed by atoms with van der Waals surface area (Å²) < 4.78 is 0. The molecule has 0 aromatic carbocycles. The number of hydrogen-bond donors (Lipinski definition) is 0. The normalized spacial score (nSPS) is 34.4. The van der Waals surface area contributed by atoms with E-state index < -0.39 is 0 Å². The minimum Gasteiger partial charge on any atom is -0.300 e. The Balaban J connectivity index is 1.24. The van der Waals surface area contributed by atoms with Gasteiger partial charge in [0.05, 0.1) is 0 Å². The molecule has 0 N–H and O–H groups in total. The Morgan fingerprint density at radius 1 is 0.667 bits per heavy atom. The number of ketones is 1. The summed E-state index contributed by atoms with van der Waals surface area (Å²) in [6.07, 6.45) is 26.5. The molecule has 1 heteroatoms. The molecule has 0 amide bonds. The molecule has 3 unspecified atom stereocenters. The van der Waals surface area contributed by atoms with E-state index in [0.717, 1.165) is 42.4 Å². The Hall–Kier alpha value is -0.330. The molecule has 3 aliphatic carbocycles. The van der Waals surface area contributed by atoms with Gasteiger partial charge in [-0.1, -0.05) is 77.6 Å². The molecule has 3 saturated carbocycles. The van der Waals surface area contributed by atoms with Gasteiger partial charge < -0.3 is 0 Å². The highest BCUT2D eigenvalue weighted by molar-refractivity contribution is 5.79. The fourth-order valence-corrected chi connectivity index (χ4v) is 6.67. The molecule has 0 saturated heterocycles. The predicted octanol–water partition coefficient (Wildman–Crippen LogP) is 8.11. The maximum atomic E-state index is 11.7. The molecule has 0 bridgehead atoms. The fraction of sp³-hybridized carbons (Fsp3) is 0.962. The highest BCUT2D eigenvalue weighted by Crippen LogP contribution is 2.47. The molecule has 0 aromatic rings. The van der Waals surface area contributed by atoms with E-state index in [1.807, 2.05) is 0 Å². The summed E-state index contributed by atoms with van der Waals surface area (Å²) in [6.45, 7) is 2.30. The van der Waals surface area contributed by atoms with E-state index in [-0.39, 0.29) is 0 Å². The SMILES string of the molecule is CCCCCCCCCCC1CCC(C2CCC3CC(=O)CCC3C2)CC1. The lowest BCUT2D eigenvalue weighted by atomic mass is 9.62. The second-order valence-electron chi connectivity index (χ2n) is 10.4. The molecule has 0 radical (unpaired) electrons. The molecule has 27 heavy (non-hydrogen) atoms. The van der Waals surface area contributed by atoms with Gasteiger partial charge in [-0.15, -0.1) is 0 Å². The first kappa shape index (κ1) is 21.4. The molecule has 3 fully saturated rings. The number of Topliss-reactive ketones (excluding diaryl/α,β-unsaturated/α-hetero) is 1. The minimum atomic E-state index is 0.552. The van der Waals surface area contributed by atoms with Gasteiger partial charge in [0.2, 0.25) is 0 Å². The van der Waals surface area contributed by atoms with Crippen molar-refractivity contribution in [2.75, 3.05) is 0 Å². The van der Waals surface area contributed by atoms with Gasteiger partial charge >= 0.3 is 0 Å². The van der Waals surface area contributed by atoms with Crippen LogP contribution in [0.2, 0.25) is 0 Å². The van der Waals surface area contributed by atoms with Gasteiger partial charge in [-0.3, -0.25) is 4.79 Å². The Bertz CT molecular complexity index is 420. The Kier molecular flexibility index (Phi) is 9.20. The van der Waals surface area contributed by atoms with Crippen LogP contribution in [0.1, 0.15) is 129 Å². The van der Waals surface area contributed by atoms with Gasteiger partial charge in [-0.05, 0) is 68.1 Å². The van der Waals surface area contributed by atoms with Crippen LogP contribution >= 0.6 is 0 Å². The van der Waals surface area contributed by atoms with E-state index in [9.17, 15) is 4.79 Å². The molecule has 0 aliphatic heterocycles. The van der Waals surface area contributed by atoms with Crippen molar-refractivity contribution in [3.8, 4) is 0 Å². The zero-order valence-corrected chi connectivity index (χ0v) is 18.2. The van der Waals surface area contributed by atoms with Crippen molar-refractivity contribution >= 4 is 5.78 Å². The first-order valence-electron chi connectivity index (χ1n) is 12.8. The highest BCUT2D eigenvalue weighted by Gasteiger charge is 2.38. The first-order valence-corrected chi connectivity index (χ1v) is 12.8. The zero-order valence-electron chi connectivity index (χ0n) is 18.2. The quantitative estimate of drug-likeness (QED) is 0.353. The molecule has 0 heterocycles. The fourth-order valence-electron chi connectivity index (χ4n) is 6.67. The van der Waals surface area contributed by atoms with Gasteiger partial charge in [0, 0.05) is 12.8 Å². The summed E-state index contributed by atoms with van der Waals surface area (Å²) >= 11 is 0. The number of unbranched alkanes of at least 4 members (excludes halogenated alkanes) is 7. The predicted molar refractivity (Wildman–Crippen MR) is 116 cm³/mol. The van der Waals surface area contributed by atoms with Crippen molar-refractivity contribution in [3.63, 3.8) is 0 Å². The second-order valence-corrected chi connectivity index (χ2v) is 10.4. The number of fused-ring (bicyclic) bond motifs is 1. The van der Waals surface area contributed by atoms with Crippen molar-refractivity contribution in [2.45, 2.75) is 129 Å². The van der Waals surface area contributed by atoms with Crippen LogP contribution in [-0.2, 0) is 4.79 Å². The van der Waals surface area contributed by atoms with Crippen molar-refractivity contribution in [3.05, 3.63) is 0 Å². The van der Waals surface area contributed by atoms with E-state index in [1.165, 1.54) is 109 Å². The maximum Gasteiger partial charge on any atom is 0.133 e. The highest BCUT2D eigenvalue weighted by atomic mass is 16.1. The molecular formula is C26H46O. The van der Waals surface area contributed by atoms with Crippen LogP contribution < -0.4 is 0 Å². The number of rotatable bonds is 10. The minimum absolute atomic E-state index is 0.552. The largest absolute Gasteiger partial charge is 0.300 e. The summed E-state index contributed by atoms with van der Waals surface area (Å²) in [5.41, 5.74) is 0. The van der Waals surface area contributed by atoms with Gasteiger partial charge in [0.15, 0.2) is 0 Å². The van der Waals surface area contributed by atoms with Crippen LogP contribution in [0, 0.1) is 29.6 Å². The van der Waals surface area contributed by atoms with Gasteiger partial charge in [0.1, 0.15) is 5.78 Å². The summed E-state index contributed by atoms with van der Waals surface area (Å²) in [5.74, 6) is 5.29. The molecule has 156 valence electrons. The van der Waals surface area contributed by atoms with Gasteiger partial charge in [-0.2, -0.15) is 0 Å². The Labute approximate surface area is 169 Å². The van der Waals surface area contributed by atoms with Crippen molar-refractivity contribution in [1.82, 2.24) is 0 Å². The second kappa shape index (κ2) is 11.6. The van der Waals surface area contributed by atoms with E-state index in [2.05, 4.69) is 6.92 Å². The Morgan fingerprint density at radius 3 is 2.00 bits per heavy atom. The number of carbonyl (C=O) groups excluding carboxylic acids is 1. The summed E-state index contributed by atoms with van der Waals surface area (Å²) in [5, 5.41) is 0. The van der Waals surface area contributed by atoms with Crippen LogP contribution in [0.5, 0.6) is 0 Å². The van der Waals surface area contributed by atoms with E-state index in [0.29, 0.717) is 5.78 Å². The van der Waals surface area contributed by atoms with Gasteiger partial charge in [-0.25, -0.2) is 0 Å². The van der Waals surface area contributed by atoms with Crippen molar-refractivity contribution < 1.29 is 4.79 Å². The van der Waals surface area contributed by atoms with E-state index in [1.54, 1.807) is 0 Å². The lowest BCUT2D eigenvalue weighted by molar-refractivity contribution is -0.123. The molecule has 0 aromatic heterocycles. The van der Waals surface area contributed by atoms with E-state index >= 15 is 0 Å². The monoisotopic (exact) mass is 374 g/mol. The van der Waals surface area contributed by atoms with Crippen LogP contribution in [0.4, 0.5) is 0 Å². The smallest absolute Gasteiger partial charge is 0.133 e. The van der Waals surface area contributed by atoms with Gasteiger partial charge in [0.25, 0.3) is 0 Å². The van der Waals surface area contributed by atoms with Crippen molar-refractivity contribution in [1.29, 1.82) is 0 Å². The lowest BCUT2D eigenvalue weighted by Gasteiger charge is -2.43. The molecule has 0 spiro atoms. The lowest BCUT2D eigenvalue weighted by Crippen LogP contribution is -2.34. The summed E-state index contributed by atoms with van der Waals surface area (Å²) in [6, 6.07) is 0. The third kappa shape index (κ3) is 6.90. The third-order valence-corrected chi connectivity index (χ3v) is 8.49. The maximum absolute atomic E-state index is 11.7. The topological polar surface area (TPSA) is 17.1 Å². The molecular weight excluding hydrogens is 328 g/mol. The average Bonchev–Trinajstić information content (AvgIpc) is 2.70. The van der Waals surface area contributed by atoms with Crippen LogP contribution in [0.3, 0.4) is 0 Å². The number of carbonyl (C=O) groups is 1. The standard InChI is InChI=1S/C26H46O/c1-2-3-4-5-6-7-8-9-10-21-11-13-22(14-12-21)23-15-16-25-20-26(27)18-17-24(25)19-23/h21-25H,2-20H2,1H3. The molecule has 3 atom stereocenters. The summed E-state index contributed by atoms with van der Waals surface area (Å²) in [7, 11) is 0. The first-order chi connectivity index (χ1) is 13.3. The van der Waals surface area contributed by atoms with Crippen LogP contribution in [-0.4, -0.2) is 5.78 Å². The van der Waals surface area contributed by atoms with E-state index in [4.69, 9.17) is 0 Å². The molecule has 1 nitrogen and oxygen atoms in total. The van der Waals surface area contributed by atoms with Crippen molar-refractivity contribution in [2.24, 2.45) is 29.6 Å². The average molecular weight is 375 g/mol. The third-order valence-electron chi connectivity index (χ3n) is 8.49. The van der Waals surface area contributed by atoms with Crippen LogP contribution in [0.15, 0.2) is 0 Å². The summed E-state index contributed by atoms with van der Waals surface area (Å²) in [4.78, 5) is 11.7. The zero-order chi connectivity index (χ0) is 18.9. The number of hydrogen-bond acceptors (Lipinski definition) is 1.